The van der Waals surface area contributed by atoms with Crippen LogP contribution in [0.25, 0.3) is 0 Å². The first-order chi connectivity index (χ1) is 8.80. The standard InChI is InChI=1S/C13H29N3O2S/c1-11(2)12(3)15(5)19(17,18)16-8-6-13(7-9-16)10-14-4/h11-14H,6-10H2,1-5H3. The van der Waals surface area contributed by atoms with E-state index in [9.17, 15) is 8.42 Å². The molecule has 6 heteroatoms. The highest BCUT2D eigenvalue weighted by atomic mass is 32.2. The van der Waals surface area contributed by atoms with Gasteiger partial charge < -0.3 is 5.32 Å². The van der Waals surface area contributed by atoms with Crippen molar-refractivity contribution in [3.63, 3.8) is 0 Å². The predicted octanol–water partition coefficient (Wildman–Crippen LogP) is 1.14. The van der Waals surface area contributed by atoms with Gasteiger partial charge in [0.1, 0.15) is 0 Å². The van der Waals surface area contributed by atoms with Crippen LogP contribution in [0, 0.1) is 11.8 Å². The van der Waals surface area contributed by atoms with Crippen molar-refractivity contribution >= 4 is 10.2 Å². The van der Waals surface area contributed by atoms with Crippen LogP contribution >= 0.6 is 0 Å². The molecule has 0 aromatic rings. The average Bonchev–Trinajstić information content (AvgIpc) is 2.37. The summed E-state index contributed by atoms with van der Waals surface area (Å²) in [6, 6.07) is 0.0278. The summed E-state index contributed by atoms with van der Waals surface area (Å²) in [4.78, 5) is 0. The lowest BCUT2D eigenvalue weighted by molar-refractivity contribution is 0.237. The minimum Gasteiger partial charge on any atom is -0.319 e. The van der Waals surface area contributed by atoms with Crippen LogP contribution in [0.3, 0.4) is 0 Å². The highest BCUT2D eigenvalue weighted by molar-refractivity contribution is 7.86. The second-order valence-electron chi connectivity index (χ2n) is 5.91. The van der Waals surface area contributed by atoms with Crippen LogP contribution < -0.4 is 5.32 Å². The van der Waals surface area contributed by atoms with Gasteiger partial charge in [0.25, 0.3) is 10.2 Å². The van der Waals surface area contributed by atoms with E-state index in [0.717, 1.165) is 19.4 Å². The normalized spacial score (nSPS) is 21.2. The molecule has 0 radical (unpaired) electrons. The maximum Gasteiger partial charge on any atom is 0.281 e. The molecule has 0 amide bonds. The van der Waals surface area contributed by atoms with Crippen LogP contribution in [0.5, 0.6) is 0 Å². The molecule has 1 rings (SSSR count). The number of nitrogens with zero attached hydrogens (tertiary/aromatic N) is 2. The van der Waals surface area contributed by atoms with Crippen molar-refractivity contribution < 1.29 is 8.42 Å². The molecule has 0 bridgehead atoms. The van der Waals surface area contributed by atoms with Crippen molar-refractivity contribution in [2.75, 3.05) is 33.7 Å². The molecule has 1 atom stereocenters. The van der Waals surface area contributed by atoms with Crippen LogP contribution in [0.1, 0.15) is 33.6 Å². The first kappa shape index (κ1) is 16.9. The summed E-state index contributed by atoms with van der Waals surface area (Å²) in [6.45, 7) is 8.33. The number of nitrogens with one attached hydrogen (secondary N) is 1. The monoisotopic (exact) mass is 291 g/mol. The molecule has 0 spiro atoms. The Morgan fingerprint density at radius 2 is 1.79 bits per heavy atom. The molecule has 1 saturated heterocycles. The van der Waals surface area contributed by atoms with E-state index in [2.05, 4.69) is 19.2 Å². The van der Waals surface area contributed by atoms with Gasteiger partial charge in [-0.25, -0.2) is 0 Å². The fourth-order valence-corrected chi connectivity index (χ4v) is 4.15. The quantitative estimate of drug-likeness (QED) is 0.798. The lowest BCUT2D eigenvalue weighted by Gasteiger charge is -2.36. The van der Waals surface area contributed by atoms with Gasteiger partial charge in [-0.3, -0.25) is 0 Å². The van der Waals surface area contributed by atoms with Crippen molar-refractivity contribution in [3.8, 4) is 0 Å². The third kappa shape index (κ3) is 4.15. The van der Waals surface area contributed by atoms with E-state index in [-0.39, 0.29) is 6.04 Å². The van der Waals surface area contributed by atoms with Crippen LogP contribution in [0.2, 0.25) is 0 Å². The lowest BCUT2D eigenvalue weighted by atomic mass is 9.98. The molecule has 1 heterocycles. The molecule has 1 unspecified atom stereocenters. The van der Waals surface area contributed by atoms with Crippen LogP contribution in [-0.4, -0.2) is 56.8 Å². The molecule has 5 nitrogen and oxygen atoms in total. The number of hydrogen-bond donors (Lipinski definition) is 1. The van der Waals surface area contributed by atoms with Gasteiger partial charge >= 0.3 is 0 Å². The van der Waals surface area contributed by atoms with Gasteiger partial charge in [0.15, 0.2) is 0 Å². The van der Waals surface area contributed by atoms with Gasteiger partial charge in [-0.2, -0.15) is 17.0 Å². The zero-order valence-corrected chi connectivity index (χ0v) is 13.7. The van der Waals surface area contributed by atoms with Crippen LogP contribution in [0.15, 0.2) is 0 Å². The minimum atomic E-state index is -3.30. The number of rotatable bonds is 6. The van der Waals surface area contributed by atoms with E-state index in [1.54, 1.807) is 11.4 Å². The summed E-state index contributed by atoms with van der Waals surface area (Å²) in [5.74, 6) is 0.922. The van der Waals surface area contributed by atoms with Gasteiger partial charge in [-0.1, -0.05) is 13.8 Å². The van der Waals surface area contributed by atoms with Gasteiger partial charge in [0, 0.05) is 26.2 Å². The molecule has 1 N–H and O–H groups in total. The predicted molar refractivity (Wildman–Crippen MR) is 79.2 cm³/mol. The third-order valence-corrected chi connectivity index (χ3v) is 6.37. The van der Waals surface area contributed by atoms with Gasteiger partial charge in [0.2, 0.25) is 0 Å². The minimum absolute atomic E-state index is 0.0278. The molecule has 1 fully saturated rings. The second-order valence-corrected chi connectivity index (χ2v) is 7.90. The summed E-state index contributed by atoms with van der Waals surface area (Å²) in [5, 5.41) is 3.17. The number of piperidine rings is 1. The Kier molecular flexibility index (Phi) is 6.23. The van der Waals surface area contributed by atoms with E-state index in [1.165, 1.54) is 4.31 Å². The van der Waals surface area contributed by atoms with E-state index in [4.69, 9.17) is 0 Å². The molecule has 0 saturated carbocycles. The van der Waals surface area contributed by atoms with Crippen LogP contribution in [0.4, 0.5) is 0 Å². The molecule has 0 aromatic heterocycles. The summed E-state index contributed by atoms with van der Waals surface area (Å²) in [7, 11) is 0.341. The van der Waals surface area contributed by atoms with Crippen molar-refractivity contribution in [1.82, 2.24) is 13.9 Å². The molecule has 114 valence electrons. The molecule has 0 aliphatic carbocycles. The molecule has 19 heavy (non-hydrogen) atoms. The maximum absolute atomic E-state index is 12.5. The zero-order valence-electron chi connectivity index (χ0n) is 12.9. The van der Waals surface area contributed by atoms with Crippen molar-refractivity contribution in [3.05, 3.63) is 0 Å². The largest absolute Gasteiger partial charge is 0.319 e. The highest BCUT2D eigenvalue weighted by Crippen LogP contribution is 2.22. The fourth-order valence-electron chi connectivity index (χ4n) is 2.44. The molecule has 1 aliphatic rings. The van der Waals surface area contributed by atoms with Crippen molar-refractivity contribution in [2.45, 2.75) is 39.7 Å². The summed E-state index contributed by atoms with van der Waals surface area (Å²) >= 11 is 0. The highest BCUT2D eigenvalue weighted by Gasteiger charge is 2.33. The first-order valence-electron chi connectivity index (χ1n) is 7.18. The average molecular weight is 291 g/mol. The topological polar surface area (TPSA) is 52.7 Å². The van der Waals surface area contributed by atoms with E-state index >= 15 is 0 Å². The molecule has 0 aromatic carbocycles. The maximum atomic E-state index is 12.5. The number of hydrogen-bond acceptors (Lipinski definition) is 3. The second kappa shape index (κ2) is 7.02. The fraction of sp³-hybridized carbons (Fsp3) is 1.00. The van der Waals surface area contributed by atoms with E-state index in [1.807, 2.05) is 14.0 Å². The lowest BCUT2D eigenvalue weighted by Crippen LogP contribution is -2.50. The Bertz CT molecular complexity index is 362. The smallest absolute Gasteiger partial charge is 0.281 e. The Labute approximate surface area is 118 Å². The van der Waals surface area contributed by atoms with Crippen molar-refractivity contribution in [2.24, 2.45) is 11.8 Å². The first-order valence-corrected chi connectivity index (χ1v) is 8.58. The molecule has 1 aliphatic heterocycles. The SMILES string of the molecule is CNCC1CCN(S(=O)(=O)N(C)C(C)C(C)C)CC1. The third-order valence-electron chi connectivity index (χ3n) is 4.29. The Morgan fingerprint density at radius 3 is 2.21 bits per heavy atom. The Balaban J connectivity index is 2.64. The zero-order chi connectivity index (χ0) is 14.6. The van der Waals surface area contributed by atoms with Crippen molar-refractivity contribution in [1.29, 1.82) is 0 Å². The molecular weight excluding hydrogens is 262 g/mol. The molecular formula is C13H29N3O2S. The summed E-state index contributed by atoms with van der Waals surface area (Å²) < 4.78 is 28.2. The van der Waals surface area contributed by atoms with E-state index in [0.29, 0.717) is 24.9 Å². The Morgan fingerprint density at radius 1 is 1.26 bits per heavy atom. The van der Waals surface area contributed by atoms with Crippen LogP contribution in [-0.2, 0) is 10.2 Å². The van der Waals surface area contributed by atoms with Gasteiger partial charge in [-0.05, 0) is 45.2 Å². The van der Waals surface area contributed by atoms with E-state index < -0.39 is 10.2 Å². The Hall–Kier alpha value is -0.170. The summed E-state index contributed by atoms with van der Waals surface area (Å²) in [5.41, 5.74) is 0. The summed E-state index contributed by atoms with van der Waals surface area (Å²) in [6.07, 6.45) is 1.90. The van der Waals surface area contributed by atoms with Gasteiger partial charge in [-0.15, -0.1) is 0 Å². The van der Waals surface area contributed by atoms with Gasteiger partial charge in [0.05, 0.1) is 0 Å².